The number of hydrogen-bond acceptors (Lipinski definition) is 5. The molecule has 2 aromatic heterocycles. The lowest BCUT2D eigenvalue weighted by Gasteiger charge is -2.22. The van der Waals surface area contributed by atoms with Crippen molar-refractivity contribution in [1.29, 1.82) is 0 Å². The second-order valence-electron chi connectivity index (χ2n) is 7.43. The molecule has 0 aliphatic carbocycles. The number of rotatable bonds is 4. The van der Waals surface area contributed by atoms with Crippen LogP contribution in [0.5, 0.6) is 0 Å². The van der Waals surface area contributed by atoms with Crippen LogP contribution in [-0.2, 0) is 5.60 Å². The zero-order valence-corrected chi connectivity index (χ0v) is 16.8. The van der Waals surface area contributed by atoms with Gasteiger partial charge in [-0.3, -0.25) is 4.79 Å². The molecule has 4 rings (SSSR count). The maximum Gasteiger partial charge on any atom is 0.268 e. The molecule has 0 amide bonds. The van der Waals surface area contributed by atoms with E-state index in [0.29, 0.717) is 29.0 Å². The summed E-state index contributed by atoms with van der Waals surface area (Å²) in [6.45, 7) is 8.34. The zero-order valence-electron chi connectivity index (χ0n) is 16.0. The summed E-state index contributed by atoms with van der Waals surface area (Å²) >= 11 is 1.43. The maximum atomic E-state index is 12.7. The van der Waals surface area contributed by atoms with Crippen molar-refractivity contribution >= 4 is 27.1 Å². The average molecular weight is 394 g/mol. The van der Waals surface area contributed by atoms with E-state index in [4.69, 9.17) is 4.98 Å². The van der Waals surface area contributed by atoms with E-state index < -0.39 is 5.60 Å². The number of nitrogens with zero attached hydrogens (tertiary/aromatic N) is 1. The smallest absolute Gasteiger partial charge is 0.268 e. The minimum Gasteiger partial charge on any atom is -0.384 e. The molecular formula is C22H23N3O2S. The summed E-state index contributed by atoms with van der Waals surface area (Å²) in [5, 5.41) is 14.4. The van der Waals surface area contributed by atoms with Gasteiger partial charge in [-0.05, 0) is 31.1 Å². The number of allylic oxidation sites excluding steroid dienone is 3. The van der Waals surface area contributed by atoms with E-state index in [0.717, 1.165) is 21.6 Å². The van der Waals surface area contributed by atoms with Crippen LogP contribution in [0.4, 0.5) is 0 Å². The van der Waals surface area contributed by atoms with Crippen molar-refractivity contribution in [1.82, 2.24) is 15.3 Å². The quantitative estimate of drug-likeness (QED) is 0.588. The van der Waals surface area contributed by atoms with E-state index in [1.807, 2.05) is 56.3 Å². The standard InChI is InChI=1S/C22H23N3O2S/c1-4-15(13(2)3)18-10-16-19(28-18)21(26)25-20(24-16)17-11-22(27,12-23-17)14-8-6-5-7-9-14/h4-10,17,23,27H,1,11-12H2,2-3H3,(H,24,25,26). The van der Waals surface area contributed by atoms with E-state index in [1.165, 1.54) is 11.3 Å². The Morgan fingerprint density at radius 2 is 2.11 bits per heavy atom. The SMILES string of the molecule is C=CC(=C(C)C)c1cc2nc(C3CC(O)(c4ccccc4)CN3)[nH]c(=O)c2s1. The Bertz CT molecular complexity index is 1130. The van der Waals surface area contributed by atoms with Crippen molar-refractivity contribution in [3.8, 4) is 0 Å². The Kier molecular flexibility index (Phi) is 4.79. The van der Waals surface area contributed by atoms with Crippen LogP contribution in [0.2, 0.25) is 0 Å². The molecule has 0 radical (unpaired) electrons. The summed E-state index contributed by atoms with van der Waals surface area (Å²) in [7, 11) is 0. The van der Waals surface area contributed by atoms with Crippen LogP contribution in [-0.4, -0.2) is 21.6 Å². The van der Waals surface area contributed by atoms with Gasteiger partial charge in [-0.1, -0.05) is 48.6 Å². The summed E-state index contributed by atoms with van der Waals surface area (Å²) in [5.74, 6) is 0.561. The number of aromatic amines is 1. The van der Waals surface area contributed by atoms with Crippen LogP contribution in [0.15, 0.2) is 59.4 Å². The third kappa shape index (κ3) is 3.24. The van der Waals surface area contributed by atoms with Crippen molar-refractivity contribution in [2.24, 2.45) is 0 Å². The molecule has 2 atom stereocenters. The molecule has 3 N–H and O–H groups in total. The van der Waals surface area contributed by atoms with Gasteiger partial charge in [0.2, 0.25) is 0 Å². The first-order valence-corrected chi connectivity index (χ1v) is 10.1. The monoisotopic (exact) mass is 393 g/mol. The molecule has 1 fully saturated rings. The first-order valence-electron chi connectivity index (χ1n) is 9.26. The van der Waals surface area contributed by atoms with Gasteiger partial charge in [-0.15, -0.1) is 11.3 Å². The molecule has 5 nitrogen and oxygen atoms in total. The van der Waals surface area contributed by atoms with Crippen molar-refractivity contribution in [2.75, 3.05) is 6.54 Å². The zero-order chi connectivity index (χ0) is 19.9. The summed E-state index contributed by atoms with van der Waals surface area (Å²) in [4.78, 5) is 21.3. The van der Waals surface area contributed by atoms with Crippen molar-refractivity contribution in [3.63, 3.8) is 0 Å². The Labute approximate surface area is 167 Å². The first-order chi connectivity index (χ1) is 13.4. The van der Waals surface area contributed by atoms with Gasteiger partial charge >= 0.3 is 0 Å². The number of aliphatic hydroxyl groups is 1. The molecule has 1 aliphatic heterocycles. The highest BCUT2D eigenvalue weighted by atomic mass is 32.1. The Balaban J connectivity index is 1.70. The van der Waals surface area contributed by atoms with Crippen LogP contribution in [0, 0.1) is 0 Å². The number of aromatic nitrogens is 2. The van der Waals surface area contributed by atoms with Crippen molar-refractivity contribution in [2.45, 2.75) is 31.9 Å². The maximum absolute atomic E-state index is 12.7. The highest BCUT2D eigenvalue weighted by Gasteiger charge is 2.40. The molecule has 0 saturated carbocycles. The minimum atomic E-state index is -0.975. The van der Waals surface area contributed by atoms with Crippen LogP contribution >= 0.6 is 11.3 Å². The van der Waals surface area contributed by atoms with Gasteiger partial charge < -0.3 is 15.4 Å². The van der Waals surface area contributed by atoms with Gasteiger partial charge in [-0.2, -0.15) is 0 Å². The molecule has 1 aromatic carbocycles. The molecule has 144 valence electrons. The van der Waals surface area contributed by atoms with E-state index in [-0.39, 0.29) is 11.6 Å². The van der Waals surface area contributed by atoms with E-state index in [9.17, 15) is 9.90 Å². The third-order valence-corrected chi connectivity index (χ3v) is 6.39. The van der Waals surface area contributed by atoms with Gasteiger partial charge in [0.1, 0.15) is 16.1 Å². The van der Waals surface area contributed by atoms with E-state index in [2.05, 4.69) is 16.9 Å². The number of fused-ring (bicyclic) bond motifs is 1. The lowest BCUT2D eigenvalue weighted by Crippen LogP contribution is -2.28. The molecule has 1 saturated heterocycles. The predicted octanol–water partition coefficient (Wildman–Crippen LogP) is 3.89. The second kappa shape index (κ2) is 7.13. The van der Waals surface area contributed by atoms with E-state index in [1.54, 1.807) is 0 Å². The van der Waals surface area contributed by atoms with Crippen LogP contribution < -0.4 is 10.9 Å². The number of H-pyrrole nitrogens is 1. The second-order valence-corrected chi connectivity index (χ2v) is 8.48. The van der Waals surface area contributed by atoms with Crippen LogP contribution in [0.1, 0.15) is 42.6 Å². The summed E-state index contributed by atoms with van der Waals surface area (Å²) in [6, 6.07) is 11.3. The Morgan fingerprint density at radius 3 is 2.79 bits per heavy atom. The molecular weight excluding hydrogens is 370 g/mol. The number of nitrogens with one attached hydrogen (secondary N) is 2. The van der Waals surface area contributed by atoms with Crippen molar-refractivity contribution < 1.29 is 5.11 Å². The fourth-order valence-electron chi connectivity index (χ4n) is 3.74. The van der Waals surface area contributed by atoms with Gasteiger partial charge in [0.15, 0.2) is 0 Å². The summed E-state index contributed by atoms with van der Waals surface area (Å²) in [6.07, 6.45) is 2.27. The van der Waals surface area contributed by atoms with Crippen LogP contribution in [0.3, 0.4) is 0 Å². The molecule has 2 unspecified atom stereocenters. The highest BCUT2D eigenvalue weighted by molar-refractivity contribution is 7.20. The highest BCUT2D eigenvalue weighted by Crippen LogP contribution is 2.37. The van der Waals surface area contributed by atoms with Crippen molar-refractivity contribution in [3.05, 3.63) is 81.2 Å². The van der Waals surface area contributed by atoms with E-state index >= 15 is 0 Å². The topological polar surface area (TPSA) is 78.0 Å². The molecule has 0 bridgehead atoms. The largest absolute Gasteiger partial charge is 0.384 e. The normalized spacial score (nSPS) is 21.8. The van der Waals surface area contributed by atoms with Gasteiger partial charge in [0, 0.05) is 17.8 Å². The number of benzene rings is 1. The predicted molar refractivity (Wildman–Crippen MR) is 114 cm³/mol. The lowest BCUT2D eigenvalue weighted by atomic mass is 9.91. The minimum absolute atomic E-state index is 0.148. The van der Waals surface area contributed by atoms with Gasteiger partial charge in [0.25, 0.3) is 5.56 Å². The molecule has 3 aromatic rings. The summed E-state index contributed by atoms with van der Waals surface area (Å²) in [5.41, 5.74) is 2.59. The molecule has 1 aliphatic rings. The average Bonchev–Trinajstić information content (AvgIpc) is 3.28. The number of thiophene rings is 1. The Morgan fingerprint density at radius 1 is 1.36 bits per heavy atom. The molecule has 0 spiro atoms. The molecule has 3 heterocycles. The first kappa shape index (κ1) is 18.8. The fourth-order valence-corrected chi connectivity index (χ4v) is 4.88. The molecule has 28 heavy (non-hydrogen) atoms. The third-order valence-electron chi connectivity index (χ3n) is 5.23. The molecule has 6 heteroatoms. The van der Waals surface area contributed by atoms with Gasteiger partial charge in [0.05, 0.1) is 11.6 Å². The van der Waals surface area contributed by atoms with Gasteiger partial charge in [-0.25, -0.2) is 4.98 Å². The number of hydrogen-bond donors (Lipinski definition) is 3. The fraction of sp³-hybridized carbons (Fsp3) is 0.273. The lowest BCUT2D eigenvalue weighted by molar-refractivity contribution is 0.0556. The summed E-state index contributed by atoms with van der Waals surface area (Å²) < 4.78 is 0.607. The number of β-amino-alcohol motifs (C(OH)–C–C–N with tert-alkyl or cyclic N) is 1. The van der Waals surface area contributed by atoms with Crippen LogP contribution in [0.25, 0.3) is 15.8 Å². The Hall–Kier alpha value is -2.54.